The number of phenolic OH excluding ortho intramolecular Hbond substituents is 1. The van der Waals surface area contributed by atoms with Crippen molar-refractivity contribution >= 4 is 17.5 Å². The van der Waals surface area contributed by atoms with Crippen LogP contribution in [0.25, 0.3) is 0 Å². The molecule has 0 radical (unpaired) electrons. The van der Waals surface area contributed by atoms with Crippen molar-refractivity contribution in [1.29, 1.82) is 0 Å². The van der Waals surface area contributed by atoms with E-state index in [1.807, 2.05) is 0 Å². The molecule has 1 aromatic rings. The lowest BCUT2D eigenvalue weighted by Crippen LogP contribution is -2.33. The van der Waals surface area contributed by atoms with E-state index in [9.17, 15) is 9.90 Å². The Morgan fingerprint density at radius 3 is 2.58 bits per heavy atom. The van der Waals surface area contributed by atoms with Gasteiger partial charge in [-0.3, -0.25) is 4.79 Å². The summed E-state index contributed by atoms with van der Waals surface area (Å²) < 4.78 is 0. The van der Waals surface area contributed by atoms with E-state index in [-0.39, 0.29) is 17.0 Å². The van der Waals surface area contributed by atoms with E-state index in [1.165, 1.54) is 0 Å². The van der Waals surface area contributed by atoms with Crippen LogP contribution in [0.3, 0.4) is 0 Å². The van der Waals surface area contributed by atoms with Gasteiger partial charge in [-0.2, -0.15) is 0 Å². The normalized spacial score (nSPS) is 12.5. The molecule has 0 aliphatic carbocycles. The number of rotatable bonds is 6. The summed E-state index contributed by atoms with van der Waals surface area (Å²) in [5.74, 6) is 0.152. The molecule has 1 atom stereocenters. The van der Waals surface area contributed by atoms with E-state index >= 15 is 0 Å². The van der Waals surface area contributed by atoms with E-state index in [2.05, 4.69) is 19.2 Å². The number of hydrogen-bond acceptors (Lipinski definition) is 2. The number of carbonyl (C=O) groups excluding carboxylic acids is 1. The molecule has 1 amide bonds. The molecule has 0 aliphatic heterocycles. The van der Waals surface area contributed by atoms with Gasteiger partial charge in [-0.25, -0.2) is 0 Å². The Morgan fingerprint density at radius 2 is 2.00 bits per heavy atom. The minimum absolute atomic E-state index is 0.0358. The first-order chi connectivity index (χ1) is 9.01. The first-order valence-corrected chi connectivity index (χ1v) is 7.15. The third kappa shape index (κ3) is 4.13. The van der Waals surface area contributed by atoms with Gasteiger partial charge in [0.1, 0.15) is 5.75 Å². The summed E-state index contributed by atoms with van der Waals surface area (Å²) in [6.07, 6.45) is 1.99. The summed E-state index contributed by atoms with van der Waals surface area (Å²) in [6.45, 7) is 6.37. The second-order valence-corrected chi connectivity index (χ2v) is 5.33. The number of carbonyl (C=O) groups is 1. The molecular weight excluding hydrogens is 262 g/mol. The van der Waals surface area contributed by atoms with Crippen molar-refractivity contribution in [2.75, 3.05) is 6.54 Å². The van der Waals surface area contributed by atoms with Crippen molar-refractivity contribution in [2.24, 2.45) is 5.92 Å². The second kappa shape index (κ2) is 7.39. The number of aromatic hydroxyl groups is 1. The molecule has 1 aromatic carbocycles. The Labute approximate surface area is 120 Å². The molecule has 0 saturated heterocycles. The Bertz CT molecular complexity index is 430. The lowest BCUT2D eigenvalue weighted by atomic mass is 9.99. The van der Waals surface area contributed by atoms with E-state index in [0.29, 0.717) is 23.6 Å². The van der Waals surface area contributed by atoms with Crippen molar-refractivity contribution in [1.82, 2.24) is 5.32 Å². The maximum absolute atomic E-state index is 12.0. The lowest BCUT2D eigenvalue weighted by molar-refractivity contribution is 0.0948. The third-order valence-electron chi connectivity index (χ3n) is 3.50. The summed E-state index contributed by atoms with van der Waals surface area (Å²) in [4.78, 5) is 12.0. The first kappa shape index (κ1) is 15.8. The number of benzene rings is 1. The highest BCUT2D eigenvalue weighted by molar-refractivity contribution is 6.21. The maximum atomic E-state index is 12.0. The van der Waals surface area contributed by atoms with Crippen LogP contribution in [-0.4, -0.2) is 22.9 Å². The Kier molecular flexibility index (Phi) is 6.16. The van der Waals surface area contributed by atoms with Gasteiger partial charge in [-0.1, -0.05) is 38.8 Å². The average molecular weight is 284 g/mol. The van der Waals surface area contributed by atoms with E-state index in [1.54, 1.807) is 25.1 Å². The molecule has 0 heterocycles. The quantitative estimate of drug-likeness (QED) is 0.786. The van der Waals surface area contributed by atoms with Crippen molar-refractivity contribution in [3.05, 3.63) is 29.3 Å². The molecule has 0 spiro atoms. The minimum atomic E-state index is -0.280. The van der Waals surface area contributed by atoms with E-state index in [4.69, 9.17) is 11.6 Å². The minimum Gasteiger partial charge on any atom is -0.507 e. The first-order valence-electron chi connectivity index (χ1n) is 6.72. The number of nitrogens with one attached hydrogen (secondary N) is 1. The monoisotopic (exact) mass is 283 g/mol. The number of amides is 1. The number of hydrogen-bond donors (Lipinski definition) is 2. The molecular formula is C15H22ClNO2. The number of halogens is 1. The van der Waals surface area contributed by atoms with Crippen LogP contribution in [0.2, 0.25) is 0 Å². The fourth-order valence-corrected chi connectivity index (χ4v) is 2.53. The van der Waals surface area contributed by atoms with Crippen LogP contribution in [0.5, 0.6) is 5.75 Å². The Hall–Kier alpha value is -1.22. The summed E-state index contributed by atoms with van der Waals surface area (Å²) >= 11 is 6.27. The highest BCUT2D eigenvalue weighted by Crippen LogP contribution is 2.22. The summed E-state index contributed by atoms with van der Waals surface area (Å²) in [6, 6.07) is 5.13. The maximum Gasteiger partial charge on any atom is 0.255 e. The van der Waals surface area contributed by atoms with Crippen LogP contribution in [-0.2, 0) is 0 Å². The molecule has 106 valence electrons. The SMILES string of the molecule is CCC(CC)C(Cl)CNC(=O)c1cccc(C)c1O. The molecule has 0 aromatic heterocycles. The molecule has 0 bridgehead atoms. The zero-order chi connectivity index (χ0) is 14.4. The zero-order valence-electron chi connectivity index (χ0n) is 11.7. The van der Waals surface area contributed by atoms with Gasteiger partial charge in [0.2, 0.25) is 0 Å². The molecule has 19 heavy (non-hydrogen) atoms. The van der Waals surface area contributed by atoms with Crippen LogP contribution in [0.15, 0.2) is 18.2 Å². The third-order valence-corrected chi connectivity index (χ3v) is 4.01. The zero-order valence-corrected chi connectivity index (χ0v) is 12.5. The molecule has 2 N–H and O–H groups in total. The number of aryl methyl sites for hydroxylation is 1. The predicted molar refractivity (Wildman–Crippen MR) is 78.9 cm³/mol. The van der Waals surface area contributed by atoms with Crippen LogP contribution < -0.4 is 5.32 Å². The summed E-state index contributed by atoms with van der Waals surface area (Å²) in [5.41, 5.74) is 0.989. The van der Waals surface area contributed by atoms with Crippen molar-refractivity contribution in [2.45, 2.75) is 39.0 Å². The van der Waals surface area contributed by atoms with E-state index < -0.39 is 0 Å². The molecule has 1 unspecified atom stereocenters. The smallest absolute Gasteiger partial charge is 0.255 e. The fourth-order valence-electron chi connectivity index (χ4n) is 2.09. The van der Waals surface area contributed by atoms with Gasteiger partial charge in [0.05, 0.1) is 10.9 Å². The van der Waals surface area contributed by atoms with Gasteiger partial charge < -0.3 is 10.4 Å². The van der Waals surface area contributed by atoms with Gasteiger partial charge in [-0.15, -0.1) is 11.6 Å². The standard InChI is InChI=1S/C15H22ClNO2/c1-4-11(5-2)13(16)9-17-15(19)12-8-6-7-10(3)14(12)18/h6-8,11,13,18H,4-5,9H2,1-3H3,(H,17,19). The number of para-hydroxylation sites is 1. The molecule has 1 rings (SSSR count). The van der Waals surface area contributed by atoms with Crippen molar-refractivity contribution in [3.63, 3.8) is 0 Å². The Balaban J connectivity index is 2.63. The van der Waals surface area contributed by atoms with Crippen LogP contribution in [0.4, 0.5) is 0 Å². The lowest BCUT2D eigenvalue weighted by Gasteiger charge is -2.19. The van der Waals surface area contributed by atoms with Crippen LogP contribution in [0.1, 0.15) is 42.6 Å². The topological polar surface area (TPSA) is 49.3 Å². The van der Waals surface area contributed by atoms with Crippen LogP contribution in [0, 0.1) is 12.8 Å². The number of phenols is 1. The van der Waals surface area contributed by atoms with Crippen LogP contribution >= 0.6 is 11.6 Å². The van der Waals surface area contributed by atoms with Gasteiger partial charge in [0.15, 0.2) is 0 Å². The van der Waals surface area contributed by atoms with Gasteiger partial charge in [0, 0.05) is 6.54 Å². The summed E-state index contributed by atoms with van der Waals surface area (Å²) in [5, 5.41) is 12.5. The second-order valence-electron chi connectivity index (χ2n) is 4.77. The predicted octanol–water partition coefficient (Wildman–Crippen LogP) is 3.47. The van der Waals surface area contributed by atoms with Gasteiger partial charge in [-0.05, 0) is 24.5 Å². The molecule has 0 saturated carbocycles. The molecule has 0 fully saturated rings. The largest absolute Gasteiger partial charge is 0.507 e. The Morgan fingerprint density at radius 1 is 1.37 bits per heavy atom. The molecule has 4 heteroatoms. The van der Waals surface area contributed by atoms with Gasteiger partial charge >= 0.3 is 0 Å². The summed E-state index contributed by atoms with van der Waals surface area (Å²) in [7, 11) is 0. The average Bonchev–Trinajstić information content (AvgIpc) is 2.40. The van der Waals surface area contributed by atoms with E-state index in [0.717, 1.165) is 12.8 Å². The van der Waals surface area contributed by atoms with Crippen molar-refractivity contribution in [3.8, 4) is 5.75 Å². The fraction of sp³-hybridized carbons (Fsp3) is 0.533. The molecule has 0 aliphatic rings. The highest BCUT2D eigenvalue weighted by Gasteiger charge is 2.18. The number of alkyl halides is 1. The highest BCUT2D eigenvalue weighted by atomic mass is 35.5. The van der Waals surface area contributed by atoms with Crippen molar-refractivity contribution < 1.29 is 9.90 Å². The molecule has 3 nitrogen and oxygen atoms in total. The van der Waals surface area contributed by atoms with Gasteiger partial charge in [0.25, 0.3) is 5.91 Å².